The largest absolute Gasteiger partial charge is 0.463 e. The van der Waals surface area contributed by atoms with Crippen LogP contribution in [0.1, 0.15) is 33.0 Å². The first kappa shape index (κ1) is 15.8. The summed E-state index contributed by atoms with van der Waals surface area (Å²) >= 11 is 0. The fourth-order valence-electron chi connectivity index (χ4n) is 3.19. The smallest absolute Gasteiger partial charge is 0.374 e. The van der Waals surface area contributed by atoms with Gasteiger partial charge in [0.25, 0.3) is 0 Å². The summed E-state index contributed by atoms with van der Waals surface area (Å²) in [6.07, 6.45) is 1.56. The van der Waals surface area contributed by atoms with Crippen LogP contribution in [0.25, 0.3) is 0 Å². The monoisotopic (exact) mass is 315 g/mol. The van der Waals surface area contributed by atoms with Crippen LogP contribution in [0.2, 0.25) is 0 Å². The van der Waals surface area contributed by atoms with Crippen LogP contribution in [-0.4, -0.2) is 30.3 Å². The van der Waals surface area contributed by atoms with Crippen molar-refractivity contribution in [2.45, 2.75) is 31.8 Å². The van der Waals surface area contributed by atoms with Crippen LogP contribution in [0.4, 0.5) is 0 Å². The number of aryl methyl sites for hydroxylation is 1. The predicted molar refractivity (Wildman–Crippen MR) is 85.3 cm³/mol. The molecule has 0 fully saturated rings. The summed E-state index contributed by atoms with van der Waals surface area (Å²) < 4.78 is 10.3. The Morgan fingerprint density at radius 2 is 2.00 bits per heavy atom. The van der Waals surface area contributed by atoms with Gasteiger partial charge in [-0.05, 0) is 37.0 Å². The van der Waals surface area contributed by atoms with E-state index in [0.717, 1.165) is 18.4 Å². The highest BCUT2D eigenvalue weighted by molar-refractivity contribution is 5.87. The SMILES string of the molecule is COC(=O)c1oc(CNC2(CO)Cc3ccccc3C2)cc1C. The second-order valence-electron chi connectivity index (χ2n) is 6.13. The first-order chi connectivity index (χ1) is 11.1. The Balaban J connectivity index is 1.72. The Labute approximate surface area is 135 Å². The molecule has 0 radical (unpaired) electrons. The first-order valence-electron chi connectivity index (χ1n) is 7.67. The Morgan fingerprint density at radius 3 is 2.57 bits per heavy atom. The number of aliphatic hydroxyl groups excluding tert-OH is 1. The van der Waals surface area contributed by atoms with Crippen LogP contribution >= 0.6 is 0 Å². The normalized spacial score (nSPS) is 15.4. The lowest BCUT2D eigenvalue weighted by Gasteiger charge is -2.27. The molecule has 1 heterocycles. The fourth-order valence-corrected chi connectivity index (χ4v) is 3.19. The molecule has 0 unspecified atom stereocenters. The van der Waals surface area contributed by atoms with E-state index in [4.69, 9.17) is 9.15 Å². The summed E-state index contributed by atoms with van der Waals surface area (Å²) in [5.41, 5.74) is 2.90. The van der Waals surface area contributed by atoms with Crippen LogP contribution in [0, 0.1) is 6.92 Å². The highest BCUT2D eigenvalue weighted by Crippen LogP contribution is 2.30. The molecule has 0 bridgehead atoms. The van der Waals surface area contributed by atoms with Gasteiger partial charge in [-0.25, -0.2) is 4.79 Å². The third-order valence-electron chi connectivity index (χ3n) is 4.46. The standard InChI is InChI=1S/C18H21NO4/c1-12-7-15(23-16(12)17(21)22-2)10-19-18(11-20)8-13-5-3-4-6-14(13)9-18/h3-7,19-20H,8-11H2,1-2H3. The molecule has 1 aromatic carbocycles. The number of hydrogen-bond acceptors (Lipinski definition) is 5. The van der Waals surface area contributed by atoms with E-state index < -0.39 is 5.97 Å². The quantitative estimate of drug-likeness (QED) is 0.826. The van der Waals surface area contributed by atoms with Gasteiger partial charge in [-0.1, -0.05) is 24.3 Å². The third-order valence-corrected chi connectivity index (χ3v) is 4.46. The minimum atomic E-state index is -0.473. The molecular weight excluding hydrogens is 294 g/mol. The number of benzene rings is 1. The van der Waals surface area contributed by atoms with Crippen molar-refractivity contribution in [3.63, 3.8) is 0 Å². The Hall–Kier alpha value is -2.11. The van der Waals surface area contributed by atoms with Crippen molar-refractivity contribution in [3.8, 4) is 0 Å². The number of carbonyl (C=O) groups is 1. The summed E-state index contributed by atoms with van der Waals surface area (Å²) in [7, 11) is 1.33. The van der Waals surface area contributed by atoms with Crippen LogP contribution in [0.5, 0.6) is 0 Å². The van der Waals surface area contributed by atoms with E-state index in [-0.39, 0.29) is 17.9 Å². The van der Waals surface area contributed by atoms with Gasteiger partial charge >= 0.3 is 5.97 Å². The summed E-state index contributed by atoms with van der Waals surface area (Å²) in [5.74, 6) is 0.419. The van der Waals surface area contributed by atoms with Crippen molar-refractivity contribution in [2.24, 2.45) is 0 Å². The first-order valence-corrected chi connectivity index (χ1v) is 7.67. The zero-order chi connectivity index (χ0) is 16.4. The third kappa shape index (κ3) is 3.02. The van der Waals surface area contributed by atoms with Crippen molar-refractivity contribution < 1.29 is 19.1 Å². The topological polar surface area (TPSA) is 71.7 Å². The number of fused-ring (bicyclic) bond motifs is 1. The fraction of sp³-hybridized carbons (Fsp3) is 0.389. The summed E-state index contributed by atoms with van der Waals surface area (Å²) in [4.78, 5) is 11.6. The van der Waals surface area contributed by atoms with Gasteiger partial charge < -0.3 is 19.6 Å². The average Bonchev–Trinajstić information content (AvgIpc) is 3.13. The van der Waals surface area contributed by atoms with Crippen LogP contribution in [-0.2, 0) is 24.1 Å². The van der Waals surface area contributed by atoms with Crippen LogP contribution < -0.4 is 5.32 Å². The maximum Gasteiger partial charge on any atom is 0.374 e. The van der Waals surface area contributed by atoms with Gasteiger partial charge in [-0.3, -0.25) is 0 Å². The van der Waals surface area contributed by atoms with Crippen molar-refractivity contribution in [1.29, 1.82) is 0 Å². The van der Waals surface area contributed by atoms with Gasteiger partial charge in [0.05, 0.1) is 20.3 Å². The van der Waals surface area contributed by atoms with Crippen molar-refractivity contribution in [1.82, 2.24) is 5.32 Å². The molecule has 1 aliphatic carbocycles. The Kier molecular flexibility index (Phi) is 4.24. The summed E-state index contributed by atoms with van der Waals surface area (Å²) in [6.45, 7) is 2.31. The number of nitrogens with one attached hydrogen (secondary N) is 1. The number of methoxy groups -OCH3 is 1. The summed E-state index contributed by atoms with van der Waals surface area (Å²) in [6, 6.07) is 10.1. The number of ether oxygens (including phenoxy) is 1. The van der Waals surface area contributed by atoms with E-state index in [9.17, 15) is 9.90 Å². The average molecular weight is 315 g/mol. The number of hydrogen-bond donors (Lipinski definition) is 2. The lowest BCUT2D eigenvalue weighted by atomic mass is 9.97. The molecule has 1 aromatic heterocycles. The zero-order valence-corrected chi connectivity index (χ0v) is 13.4. The van der Waals surface area contributed by atoms with Gasteiger partial charge in [0, 0.05) is 11.1 Å². The number of rotatable bonds is 5. The number of furan rings is 1. The minimum Gasteiger partial charge on any atom is -0.463 e. The highest BCUT2D eigenvalue weighted by atomic mass is 16.5. The molecule has 3 rings (SSSR count). The predicted octanol–water partition coefficient (Wildman–Crippen LogP) is 1.99. The van der Waals surface area contributed by atoms with E-state index in [1.807, 2.05) is 25.1 Å². The van der Waals surface area contributed by atoms with E-state index in [0.29, 0.717) is 12.3 Å². The number of esters is 1. The second-order valence-corrected chi connectivity index (χ2v) is 6.13. The molecule has 0 amide bonds. The maximum atomic E-state index is 11.6. The lowest BCUT2D eigenvalue weighted by Crippen LogP contribution is -2.49. The van der Waals surface area contributed by atoms with E-state index in [1.54, 1.807) is 0 Å². The van der Waals surface area contributed by atoms with Gasteiger partial charge in [0.2, 0.25) is 5.76 Å². The van der Waals surface area contributed by atoms with Gasteiger partial charge in [-0.2, -0.15) is 0 Å². The molecule has 5 heteroatoms. The molecule has 0 atom stereocenters. The Bertz CT molecular complexity index is 695. The maximum absolute atomic E-state index is 11.6. The molecule has 23 heavy (non-hydrogen) atoms. The van der Waals surface area contributed by atoms with Gasteiger partial charge in [-0.15, -0.1) is 0 Å². The Morgan fingerprint density at radius 1 is 1.35 bits per heavy atom. The number of aliphatic hydroxyl groups is 1. The van der Waals surface area contributed by atoms with Crippen molar-refractivity contribution >= 4 is 5.97 Å². The van der Waals surface area contributed by atoms with Gasteiger partial charge in [0.15, 0.2) is 0 Å². The summed E-state index contributed by atoms with van der Waals surface area (Å²) in [5, 5.41) is 13.3. The van der Waals surface area contributed by atoms with E-state index >= 15 is 0 Å². The molecule has 1 aliphatic rings. The van der Waals surface area contributed by atoms with Crippen molar-refractivity contribution in [2.75, 3.05) is 13.7 Å². The number of carbonyl (C=O) groups excluding carboxylic acids is 1. The van der Waals surface area contributed by atoms with E-state index in [2.05, 4.69) is 17.4 Å². The molecule has 0 saturated carbocycles. The molecule has 5 nitrogen and oxygen atoms in total. The highest BCUT2D eigenvalue weighted by Gasteiger charge is 2.36. The van der Waals surface area contributed by atoms with Crippen LogP contribution in [0.3, 0.4) is 0 Å². The lowest BCUT2D eigenvalue weighted by molar-refractivity contribution is 0.0561. The molecular formula is C18H21NO4. The molecule has 0 saturated heterocycles. The molecule has 2 N–H and O–H groups in total. The molecule has 122 valence electrons. The minimum absolute atomic E-state index is 0.0469. The molecule has 0 aliphatic heterocycles. The zero-order valence-electron chi connectivity index (χ0n) is 13.4. The van der Waals surface area contributed by atoms with Crippen LogP contribution in [0.15, 0.2) is 34.7 Å². The second kappa shape index (κ2) is 6.18. The van der Waals surface area contributed by atoms with Crippen molar-refractivity contribution in [3.05, 3.63) is 58.5 Å². The van der Waals surface area contributed by atoms with E-state index in [1.165, 1.54) is 18.2 Å². The molecule has 2 aromatic rings. The van der Waals surface area contributed by atoms with Gasteiger partial charge in [0.1, 0.15) is 5.76 Å². The molecule has 0 spiro atoms.